The van der Waals surface area contributed by atoms with E-state index in [9.17, 15) is 9.59 Å². The van der Waals surface area contributed by atoms with Crippen molar-refractivity contribution in [1.82, 2.24) is 19.6 Å². The number of rotatable bonds is 6. The minimum Gasteiger partial charge on any atom is -0.464 e. The molecule has 0 spiro atoms. The van der Waals surface area contributed by atoms with Crippen LogP contribution in [0.2, 0.25) is 0 Å². The molecule has 0 bridgehead atoms. The minimum absolute atomic E-state index is 0.0897. The average Bonchev–Trinajstić information content (AvgIpc) is 2.83. The van der Waals surface area contributed by atoms with Crippen molar-refractivity contribution in [1.29, 1.82) is 0 Å². The van der Waals surface area contributed by atoms with Crippen molar-refractivity contribution in [2.24, 2.45) is 0 Å². The lowest BCUT2D eigenvalue weighted by atomic mass is 10.3. The molecule has 0 radical (unpaired) electrons. The molecular formula is C18H30N4O3. The van der Waals surface area contributed by atoms with Gasteiger partial charge in [0, 0.05) is 34.2 Å². The average molecular weight is 350 g/mol. The maximum absolute atomic E-state index is 12.5. The van der Waals surface area contributed by atoms with Gasteiger partial charge in [-0.25, -0.2) is 0 Å². The Morgan fingerprint density at radius 1 is 1.00 bits per heavy atom. The number of hydrogen-bond donors (Lipinski definition) is 0. The zero-order valence-electron chi connectivity index (χ0n) is 15.8. The smallest absolute Gasteiger partial charge is 0.236 e. The zero-order chi connectivity index (χ0) is 18.4. The van der Waals surface area contributed by atoms with E-state index in [0.29, 0.717) is 19.6 Å². The van der Waals surface area contributed by atoms with E-state index in [2.05, 4.69) is 9.80 Å². The number of aryl methyl sites for hydroxylation is 1. The Bertz CT molecular complexity index is 585. The highest BCUT2D eigenvalue weighted by molar-refractivity contribution is 5.78. The highest BCUT2D eigenvalue weighted by Crippen LogP contribution is 2.10. The fraction of sp³-hybridized carbons (Fsp3) is 0.667. The molecule has 1 aliphatic heterocycles. The van der Waals surface area contributed by atoms with Gasteiger partial charge in [-0.3, -0.25) is 19.4 Å². The zero-order valence-corrected chi connectivity index (χ0v) is 15.8. The van der Waals surface area contributed by atoms with Crippen LogP contribution in [0.5, 0.6) is 0 Å². The Kier molecular flexibility index (Phi) is 7.01. The topological polar surface area (TPSA) is 60.2 Å². The highest BCUT2D eigenvalue weighted by Gasteiger charge is 2.21. The second-order valence-corrected chi connectivity index (χ2v) is 6.96. The Balaban J connectivity index is 1.78. The van der Waals surface area contributed by atoms with Gasteiger partial charge in [-0.05, 0) is 38.6 Å². The van der Waals surface area contributed by atoms with Crippen LogP contribution in [-0.2, 0) is 16.1 Å². The maximum Gasteiger partial charge on any atom is 0.236 e. The predicted molar refractivity (Wildman–Crippen MR) is 96.1 cm³/mol. The minimum atomic E-state index is 0.0897. The first-order valence-corrected chi connectivity index (χ1v) is 8.79. The van der Waals surface area contributed by atoms with E-state index in [1.165, 1.54) is 0 Å². The molecule has 7 nitrogen and oxygen atoms in total. The van der Waals surface area contributed by atoms with E-state index in [-0.39, 0.29) is 11.8 Å². The standard InChI is InChI=1S/C18H30N4O3/c1-15-6-7-16(25-15)12-20(4)18(24)14-22-9-5-8-21(10-11-22)13-17(23)19(2)3/h6-7H,5,8-14H2,1-4H3. The fourth-order valence-electron chi connectivity index (χ4n) is 2.88. The van der Waals surface area contributed by atoms with Crippen LogP contribution in [0.15, 0.2) is 16.5 Å². The number of furan rings is 1. The molecule has 0 aliphatic carbocycles. The highest BCUT2D eigenvalue weighted by atomic mass is 16.3. The van der Waals surface area contributed by atoms with Gasteiger partial charge in [-0.2, -0.15) is 0 Å². The summed E-state index contributed by atoms with van der Waals surface area (Å²) in [7, 11) is 5.36. The number of nitrogens with zero attached hydrogens (tertiary/aromatic N) is 4. The second-order valence-electron chi connectivity index (χ2n) is 6.96. The molecule has 2 amide bonds. The molecule has 2 heterocycles. The summed E-state index contributed by atoms with van der Waals surface area (Å²) in [6.07, 6.45) is 0.967. The molecule has 0 unspecified atom stereocenters. The predicted octanol–water partition coefficient (Wildman–Crippen LogP) is 0.642. The van der Waals surface area contributed by atoms with Crippen molar-refractivity contribution in [3.63, 3.8) is 0 Å². The summed E-state index contributed by atoms with van der Waals surface area (Å²) in [5, 5.41) is 0. The van der Waals surface area contributed by atoms with Gasteiger partial charge < -0.3 is 14.2 Å². The van der Waals surface area contributed by atoms with Gasteiger partial charge >= 0.3 is 0 Å². The Hall–Kier alpha value is -1.86. The van der Waals surface area contributed by atoms with Crippen molar-refractivity contribution in [2.75, 3.05) is 60.4 Å². The van der Waals surface area contributed by atoms with Gasteiger partial charge in [0.25, 0.3) is 0 Å². The Morgan fingerprint density at radius 2 is 1.60 bits per heavy atom. The number of carbonyl (C=O) groups is 2. The molecule has 1 aromatic rings. The molecule has 1 aliphatic rings. The summed E-state index contributed by atoms with van der Waals surface area (Å²) in [6, 6.07) is 3.82. The molecule has 140 valence electrons. The van der Waals surface area contributed by atoms with Crippen molar-refractivity contribution in [3.8, 4) is 0 Å². The molecule has 0 saturated carbocycles. The van der Waals surface area contributed by atoms with Crippen LogP contribution in [0.1, 0.15) is 17.9 Å². The Morgan fingerprint density at radius 3 is 2.12 bits per heavy atom. The third-order valence-electron chi connectivity index (χ3n) is 4.51. The lowest BCUT2D eigenvalue weighted by Crippen LogP contribution is -2.41. The molecule has 1 fully saturated rings. The number of hydrogen-bond acceptors (Lipinski definition) is 5. The van der Waals surface area contributed by atoms with Gasteiger partial charge in [-0.15, -0.1) is 0 Å². The van der Waals surface area contributed by atoms with E-state index < -0.39 is 0 Å². The maximum atomic E-state index is 12.5. The van der Waals surface area contributed by atoms with E-state index in [4.69, 9.17) is 4.42 Å². The molecule has 0 atom stereocenters. The summed E-state index contributed by atoms with van der Waals surface area (Å²) in [4.78, 5) is 32.0. The first-order chi connectivity index (χ1) is 11.8. The largest absolute Gasteiger partial charge is 0.464 e. The molecule has 1 aromatic heterocycles. The van der Waals surface area contributed by atoms with Gasteiger partial charge in [-0.1, -0.05) is 0 Å². The van der Waals surface area contributed by atoms with E-state index in [1.807, 2.05) is 19.1 Å². The van der Waals surface area contributed by atoms with E-state index in [0.717, 1.165) is 44.1 Å². The fourth-order valence-corrected chi connectivity index (χ4v) is 2.88. The van der Waals surface area contributed by atoms with Crippen molar-refractivity contribution >= 4 is 11.8 Å². The normalized spacial score (nSPS) is 16.5. The van der Waals surface area contributed by atoms with Crippen LogP contribution in [0.4, 0.5) is 0 Å². The quantitative estimate of drug-likeness (QED) is 0.754. The summed E-state index contributed by atoms with van der Waals surface area (Å²) in [5.74, 6) is 1.87. The first-order valence-electron chi connectivity index (χ1n) is 8.79. The van der Waals surface area contributed by atoms with Gasteiger partial charge in [0.1, 0.15) is 11.5 Å². The van der Waals surface area contributed by atoms with Crippen LogP contribution in [0, 0.1) is 6.92 Å². The monoisotopic (exact) mass is 350 g/mol. The van der Waals surface area contributed by atoms with Crippen molar-refractivity contribution in [2.45, 2.75) is 19.9 Å². The molecule has 0 N–H and O–H groups in total. The number of likely N-dealkylation sites (N-methyl/N-ethyl adjacent to an activating group) is 2. The molecule has 0 aromatic carbocycles. The third-order valence-corrected chi connectivity index (χ3v) is 4.51. The molecule has 25 heavy (non-hydrogen) atoms. The third kappa shape index (κ3) is 6.17. The molecule has 2 rings (SSSR count). The van der Waals surface area contributed by atoms with Crippen LogP contribution in [-0.4, -0.2) is 91.8 Å². The summed E-state index contributed by atoms with van der Waals surface area (Å²) < 4.78 is 5.53. The van der Waals surface area contributed by atoms with Gasteiger partial charge in [0.2, 0.25) is 11.8 Å². The first kappa shape index (κ1) is 19.5. The lowest BCUT2D eigenvalue weighted by Gasteiger charge is -2.24. The lowest BCUT2D eigenvalue weighted by molar-refractivity contribution is -0.132. The van der Waals surface area contributed by atoms with Gasteiger partial charge in [0.15, 0.2) is 0 Å². The van der Waals surface area contributed by atoms with Crippen molar-refractivity contribution < 1.29 is 14.0 Å². The van der Waals surface area contributed by atoms with Crippen LogP contribution < -0.4 is 0 Å². The second kappa shape index (κ2) is 9.01. The van der Waals surface area contributed by atoms with Crippen molar-refractivity contribution in [3.05, 3.63) is 23.7 Å². The van der Waals surface area contributed by atoms with E-state index in [1.54, 1.807) is 30.9 Å². The molecule has 7 heteroatoms. The summed E-state index contributed by atoms with van der Waals surface area (Å²) in [5.41, 5.74) is 0. The van der Waals surface area contributed by atoms with E-state index >= 15 is 0 Å². The number of amides is 2. The van der Waals surface area contributed by atoms with Crippen LogP contribution >= 0.6 is 0 Å². The van der Waals surface area contributed by atoms with Gasteiger partial charge in [0.05, 0.1) is 19.6 Å². The SMILES string of the molecule is Cc1ccc(CN(C)C(=O)CN2CCCN(CC(=O)N(C)C)CC2)o1. The number of carbonyl (C=O) groups excluding carboxylic acids is 2. The summed E-state index contributed by atoms with van der Waals surface area (Å²) in [6.45, 7) is 6.64. The molecular weight excluding hydrogens is 320 g/mol. The molecule has 1 saturated heterocycles. The Labute approximate surface area is 150 Å². The van der Waals surface area contributed by atoms with Crippen LogP contribution in [0.25, 0.3) is 0 Å². The van der Waals surface area contributed by atoms with Crippen LogP contribution in [0.3, 0.4) is 0 Å². The summed E-state index contributed by atoms with van der Waals surface area (Å²) >= 11 is 0.